The lowest BCUT2D eigenvalue weighted by Gasteiger charge is -2.22. The zero-order valence-electron chi connectivity index (χ0n) is 19.0. The zero-order chi connectivity index (χ0) is 22.3. The van der Waals surface area contributed by atoms with Crippen LogP contribution >= 0.6 is 0 Å². The number of carbonyl (C=O) groups excluding carboxylic acids is 1. The van der Waals surface area contributed by atoms with Crippen molar-refractivity contribution < 1.29 is 4.79 Å². The fraction of sp³-hybridized carbons (Fsp3) is 0.385. The molecule has 1 N–H and O–H groups in total. The Bertz CT molecular complexity index is 1210. The van der Waals surface area contributed by atoms with Gasteiger partial charge in [-0.25, -0.2) is 0 Å². The lowest BCUT2D eigenvalue weighted by atomic mass is 9.98. The van der Waals surface area contributed by atoms with Crippen LogP contribution in [0.5, 0.6) is 0 Å². The van der Waals surface area contributed by atoms with Crippen molar-refractivity contribution in [2.75, 3.05) is 24.3 Å². The number of nitrogens with one attached hydrogen (secondary N) is 1. The van der Waals surface area contributed by atoms with Crippen molar-refractivity contribution in [3.05, 3.63) is 69.5 Å². The minimum Gasteiger partial charge on any atom is -0.387 e. The third kappa shape index (κ3) is 3.85. The van der Waals surface area contributed by atoms with Crippen molar-refractivity contribution in [2.45, 2.75) is 52.0 Å². The Hall–Kier alpha value is -3.08. The van der Waals surface area contributed by atoms with Gasteiger partial charge in [0.1, 0.15) is 0 Å². The Balaban J connectivity index is 1.76. The molecule has 3 aromatic rings. The molecule has 0 saturated heterocycles. The van der Waals surface area contributed by atoms with E-state index in [9.17, 15) is 9.59 Å². The first-order chi connectivity index (χ1) is 14.8. The van der Waals surface area contributed by atoms with Gasteiger partial charge in [-0.2, -0.15) is 0 Å². The van der Waals surface area contributed by atoms with Gasteiger partial charge in [-0.1, -0.05) is 19.9 Å². The Kier molecular flexibility index (Phi) is 5.61. The summed E-state index contributed by atoms with van der Waals surface area (Å²) in [6, 6.07) is 13.8. The Morgan fingerprint density at radius 2 is 1.90 bits per heavy atom. The van der Waals surface area contributed by atoms with Crippen LogP contribution in [0.1, 0.15) is 66.9 Å². The quantitative estimate of drug-likeness (QED) is 0.589. The van der Waals surface area contributed by atoms with E-state index in [4.69, 9.17) is 0 Å². The molecule has 0 radical (unpaired) electrons. The first kappa shape index (κ1) is 21.2. The monoisotopic (exact) mass is 417 g/mol. The standard InChI is InChI=1S/C26H31N3O2/c1-6-29-24-12-10-19(14-22(24)21(16(2)3)15-25(29)30)28(5)26(31)20-11-9-18(17-7-8-17)13-23(20)27-4/h9-17,27H,6-8H2,1-5H3. The molecular weight excluding hydrogens is 386 g/mol. The third-order valence-electron chi connectivity index (χ3n) is 6.35. The number of fused-ring (bicyclic) bond motifs is 1. The number of hydrogen-bond acceptors (Lipinski definition) is 3. The Morgan fingerprint density at radius 1 is 1.16 bits per heavy atom. The van der Waals surface area contributed by atoms with E-state index in [1.165, 1.54) is 18.4 Å². The number of aryl methyl sites for hydroxylation is 1. The summed E-state index contributed by atoms with van der Waals surface area (Å²) in [7, 11) is 3.67. The molecule has 162 valence electrons. The van der Waals surface area contributed by atoms with Crippen LogP contribution < -0.4 is 15.8 Å². The van der Waals surface area contributed by atoms with Gasteiger partial charge in [-0.3, -0.25) is 9.59 Å². The summed E-state index contributed by atoms with van der Waals surface area (Å²) >= 11 is 0. The average molecular weight is 418 g/mol. The second-order valence-corrected chi connectivity index (χ2v) is 8.73. The van der Waals surface area contributed by atoms with Gasteiger partial charge in [-0.15, -0.1) is 0 Å². The second kappa shape index (κ2) is 8.22. The molecule has 1 fully saturated rings. The number of rotatable bonds is 6. The normalized spacial score (nSPS) is 13.6. The van der Waals surface area contributed by atoms with Crippen LogP contribution in [0.2, 0.25) is 0 Å². The van der Waals surface area contributed by atoms with Crippen LogP contribution in [0.25, 0.3) is 10.9 Å². The summed E-state index contributed by atoms with van der Waals surface area (Å²) in [6.07, 6.45) is 2.46. The zero-order valence-corrected chi connectivity index (χ0v) is 19.0. The van der Waals surface area contributed by atoms with Crippen LogP contribution in [0, 0.1) is 0 Å². The summed E-state index contributed by atoms with van der Waals surface area (Å²) in [5, 5.41) is 4.22. The number of aromatic nitrogens is 1. The number of hydrogen-bond donors (Lipinski definition) is 1. The number of pyridine rings is 1. The predicted molar refractivity (Wildman–Crippen MR) is 129 cm³/mol. The molecule has 0 spiro atoms. The van der Waals surface area contributed by atoms with Gasteiger partial charge in [0.25, 0.3) is 11.5 Å². The molecule has 31 heavy (non-hydrogen) atoms. The van der Waals surface area contributed by atoms with E-state index < -0.39 is 0 Å². The van der Waals surface area contributed by atoms with Crippen molar-refractivity contribution in [2.24, 2.45) is 0 Å². The maximum absolute atomic E-state index is 13.4. The van der Waals surface area contributed by atoms with E-state index in [-0.39, 0.29) is 17.4 Å². The number of anilines is 2. The maximum Gasteiger partial charge on any atom is 0.260 e. The fourth-order valence-corrected chi connectivity index (χ4v) is 4.33. The maximum atomic E-state index is 13.4. The molecule has 1 aliphatic rings. The van der Waals surface area contributed by atoms with E-state index >= 15 is 0 Å². The molecule has 1 aliphatic carbocycles. The fourth-order valence-electron chi connectivity index (χ4n) is 4.33. The van der Waals surface area contributed by atoms with Crippen molar-refractivity contribution in [3.63, 3.8) is 0 Å². The molecule has 5 heteroatoms. The van der Waals surface area contributed by atoms with Crippen LogP contribution in [-0.4, -0.2) is 24.6 Å². The molecule has 0 unspecified atom stereocenters. The molecule has 2 aromatic carbocycles. The smallest absolute Gasteiger partial charge is 0.260 e. The molecule has 5 nitrogen and oxygen atoms in total. The van der Waals surface area contributed by atoms with Crippen LogP contribution in [0.3, 0.4) is 0 Å². The molecular formula is C26H31N3O2. The van der Waals surface area contributed by atoms with Crippen molar-refractivity contribution >= 4 is 28.2 Å². The van der Waals surface area contributed by atoms with E-state index in [2.05, 4.69) is 31.3 Å². The summed E-state index contributed by atoms with van der Waals surface area (Å²) in [5.41, 5.74) is 5.58. The van der Waals surface area contributed by atoms with Crippen LogP contribution in [0.4, 0.5) is 11.4 Å². The number of benzene rings is 2. The summed E-state index contributed by atoms with van der Waals surface area (Å²) in [6.45, 7) is 6.77. The molecule has 4 rings (SSSR count). The highest BCUT2D eigenvalue weighted by Gasteiger charge is 2.25. The van der Waals surface area contributed by atoms with Crippen LogP contribution in [-0.2, 0) is 6.54 Å². The highest BCUT2D eigenvalue weighted by molar-refractivity contribution is 6.10. The highest BCUT2D eigenvalue weighted by atomic mass is 16.2. The minimum atomic E-state index is -0.0547. The molecule has 1 heterocycles. The van der Waals surface area contributed by atoms with Crippen LogP contribution in [0.15, 0.2) is 47.3 Å². The van der Waals surface area contributed by atoms with Crippen molar-refractivity contribution in [3.8, 4) is 0 Å². The summed E-state index contributed by atoms with van der Waals surface area (Å²) in [5.74, 6) is 0.796. The van der Waals surface area contributed by atoms with Gasteiger partial charge in [0.2, 0.25) is 0 Å². The van der Waals surface area contributed by atoms with Gasteiger partial charge in [-0.05, 0) is 73.1 Å². The minimum absolute atomic E-state index is 0.0188. The first-order valence-corrected chi connectivity index (χ1v) is 11.1. The summed E-state index contributed by atoms with van der Waals surface area (Å²) < 4.78 is 1.78. The SMILES string of the molecule is CCn1c(=O)cc(C(C)C)c2cc(N(C)C(=O)c3ccc(C4CC4)cc3NC)ccc21. The van der Waals surface area contributed by atoms with E-state index in [0.29, 0.717) is 18.0 Å². The molecule has 1 aromatic heterocycles. The number of carbonyl (C=O) groups is 1. The van der Waals surface area contributed by atoms with Gasteiger partial charge < -0.3 is 14.8 Å². The summed E-state index contributed by atoms with van der Waals surface area (Å²) in [4.78, 5) is 27.6. The lowest BCUT2D eigenvalue weighted by Crippen LogP contribution is -2.27. The first-order valence-electron chi connectivity index (χ1n) is 11.1. The third-order valence-corrected chi connectivity index (χ3v) is 6.35. The molecule has 0 bridgehead atoms. The molecule has 0 atom stereocenters. The molecule has 0 aliphatic heterocycles. The average Bonchev–Trinajstić information content (AvgIpc) is 3.62. The molecule has 1 saturated carbocycles. The number of amides is 1. The topological polar surface area (TPSA) is 54.3 Å². The highest BCUT2D eigenvalue weighted by Crippen LogP contribution is 2.41. The predicted octanol–water partition coefficient (Wildman–Crippen LogP) is 5.34. The number of nitrogens with zero attached hydrogens (tertiary/aromatic N) is 2. The van der Waals surface area contributed by atoms with E-state index in [1.54, 1.807) is 15.5 Å². The van der Waals surface area contributed by atoms with Gasteiger partial charge >= 0.3 is 0 Å². The molecule has 1 amide bonds. The Morgan fingerprint density at radius 3 is 2.52 bits per heavy atom. The van der Waals surface area contributed by atoms with Gasteiger partial charge in [0.05, 0.1) is 11.1 Å². The van der Waals surface area contributed by atoms with Gasteiger partial charge in [0, 0.05) is 43.5 Å². The largest absolute Gasteiger partial charge is 0.387 e. The van der Waals surface area contributed by atoms with Crippen molar-refractivity contribution in [1.82, 2.24) is 4.57 Å². The second-order valence-electron chi connectivity index (χ2n) is 8.73. The lowest BCUT2D eigenvalue weighted by molar-refractivity contribution is 0.0994. The Labute approximate surface area is 183 Å². The van der Waals surface area contributed by atoms with E-state index in [1.807, 2.05) is 45.3 Å². The van der Waals surface area contributed by atoms with Gasteiger partial charge in [0.15, 0.2) is 0 Å². The van der Waals surface area contributed by atoms with Crippen molar-refractivity contribution in [1.29, 1.82) is 0 Å². The van der Waals surface area contributed by atoms with E-state index in [0.717, 1.165) is 27.8 Å².